The van der Waals surface area contributed by atoms with Gasteiger partial charge >= 0.3 is 0 Å². The maximum absolute atomic E-state index is 11.3. The number of carbonyl (C=O) groups excluding carboxylic acids is 1. The number of hydrogen-bond donors (Lipinski definition) is 1. The van der Waals surface area contributed by atoms with Gasteiger partial charge in [-0.05, 0) is 26.7 Å². The van der Waals surface area contributed by atoms with Crippen molar-refractivity contribution in [1.82, 2.24) is 10.2 Å². The Kier molecular flexibility index (Phi) is 6.22. The van der Waals surface area contributed by atoms with Crippen LogP contribution in [0.25, 0.3) is 0 Å². The standard InChI is InChI=1S/C13H24N2O2/c1-11(2)4-7-15-8-5-12(6-9-15)14-13(16)10-17-3/h4,12H,5-10H2,1-3H3,(H,14,16). The molecular weight excluding hydrogens is 216 g/mol. The van der Waals surface area contributed by atoms with Crippen molar-refractivity contribution >= 4 is 5.91 Å². The van der Waals surface area contributed by atoms with E-state index in [1.54, 1.807) is 7.11 Å². The SMILES string of the molecule is COCC(=O)NC1CCN(CC=C(C)C)CC1. The van der Waals surface area contributed by atoms with Gasteiger partial charge in [-0.15, -0.1) is 0 Å². The van der Waals surface area contributed by atoms with Crippen LogP contribution in [0.1, 0.15) is 26.7 Å². The summed E-state index contributed by atoms with van der Waals surface area (Å²) in [6.45, 7) is 7.55. The molecule has 1 N–H and O–H groups in total. The molecule has 0 aromatic heterocycles. The third kappa shape index (κ3) is 5.84. The van der Waals surface area contributed by atoms with E-state index < -0.39 is 0 Å². The predicted molar refractivity (Wildman–Crippen MR) is 68.9 cm³/mol. The van der Waals surface area contributed by atoms with Crippen LogP contribution in [-0.2, 0) is 9.53 Å². The number of methoxy groups -OCH3 is 1. The van der Waals surface area contributed by atoms with Gasteiger partial charge in [0.05, 0.1) is 0 Å². The average molecular weight is 240 g/mol. The van der Waals surface area contributed by atoms with Crippen molar-refractivity contribution in [3.63, 3.8) is 0 Å². The molecule has 0 saturated carbocycles. The summed E-state index contributed by atoms with van der Waals surface area (Å²) >= 11 is 0. The Bertz CT molecular complexity index is 265. The molecule has 0 radical (unpaired) electrons. The number of nitrogens with zero attached hydrogens (tertiary/aromatic N) is 1. The highest BCUT2D eigenvalue weighted by atomic mass is 16.5. The summed E-state index contributed by atoms with van der Waals surface area (Å²) in [5.74, 6) is -0.00440. The van der Waals surface area contributed by atoms with Crippen molar-refractivity contribution in [2.45, 2.75) is 32.7 Å². The van der Waals surface area contributed by atoms with E-state index in [4.69, 9.17) is 4.74 Å². The molecule has 4 nitrogen and oxygen atoms in total. The number of nitrogens with one attached hydrogen (secondary N) is 1. The lowest BCUT2D eigenvalue weighted by Crippen LogP contribution is -2.45. The van der Waals surface area contributed by atoms with Crippen LogP contribution < -0.4 is 5.32 Å². The van der Waals surface area contributed by atoms with Crippen molar-refractivity contribution in [2.75, 3.05) is 33.4 Å². The molecule has 98 valence electrons. The first-order valence-corrected chi connectivity index (χ1v) is 6.26. The summed E-state index contributed by atoms with van der Waals surface area (Å²) in [7, 11) is 1.54. The minimum atomic E-state index is -0.00440. The van der Waals surface area contributed by atoms with E-state index in [2.05, 4.69) is 30.1 Å². The van der Waals surface area contributed by atoms with Crippen LogP contribution in [0.3, 0.4) is 0 Å². The zero-order valence-corrected chi connectivity index (χ0v) is 11.2. The molecule has 1 fully saturated rings. The molecule has 0 aromatic rings. The fraction of sp³-hybridized carbons (Fsp3) is 0.769. The van der Waals surface area contributed by atoms with Gasteiger partial charge in [-0.2, -0.15) is 0 Å². The van der Waals surface area contributed by atoms with Gasteiger partial charge in [0, 0.05) is 32.8 Å². The highest BCUT2D eigenvalue weighted by Gasteiger charge is 2.19. The Balaban J connectivity index is 2.21. The Labute approximate surface area is 104 Å². The summed E-state index contributed by atoms with van der Waals surface area (Å²) in [4.78, 5) is 13.8. The van der Waals surface area contributed by atoms with Gasteiger partial charge in [0.2, 0.25) is 5.91 Å². The number of piperidine rings is 1. The maximum Gasteiger partial charge on any atom is 0.246 e. The minimum absolute atomic E-state index is 0.00440. The molecule has 0 atom stereocenters. The molecule has 0 aliphatic carbocycles. The van der Waals surface area contributed by atoms with Gasteiger partial charge in [0.1, 0.15) is 6.61 Å². The first-order chi connectivity index (χ1) is 8.11. The summed E-state index contributed by atoms with van der Waals surface area (Å²) in [6, 6.07) is 0.320. The second-order valence-electron chi connectivity index (χ2n) is 4.86. The van der Waals surface area contributed by atoms with Gasteiger partial charge in [0.15, 0.2) is 0 Å². The molecule has 1 aliphatic rings. The van der Waals surface area contributed by atoms with Crippen molar-refractivity contribution < 1.29 is 9.53 Å². The fourth-order valence-electron chi connectivity index (χ4n) is 1.97. The van der Waals surface area contributed by atoms with E-state index in [1.807, 2.05) is 0 Å². The Morgan fingerprint density at radius 2 is 2.06 bits per heavy atom. The van der Waals surface area contributed by atoms with E-state index in [-0.39, 0.29) is 12.5 Å². The van der Waals surface area contributed by atoms with Crippen molar-refractivity contribution in [1.29, 1.82) is 0 Å². The Morgan fingerprint density at radius 1 is 1.41 bits per heavy atom. The molecule has 1 saturated heterocycles. The molecule has 17 heavy (non-hydrogen) atoms. The van der Waals surface area contributed by atoms with Crippen LogP contribution in [-0.4, -0.2) is 50.2 Å². The van der Waals surface area contributed by atoms with Gasteiger partial charge in [0.25, 0.3) is 0 Å². The third-order valence-electron chi connectivity index (χ3n) is 2.99. The van der Waals surface area contributed by atoms with Crippen LogP contribution in [0.4, 0.5) is 0 Å². The first-order valence-electron chi connectivity index (χ1n) is 6.26. The van der Waals surface area contributed by atoms with Crippen LogP contribution >= 0.6 is 0 Å². The highest BCUT2D eigenvalue weighted by molar-refractivity contribution is 5.77. The monoisotopic (exact) mass is 240 g/mol. The van der Waals surface area contributed by atoms with Crippen LogP contribution in [0.15, 0.2) is 11.6 Å². The number of amides is 1. The van der Waals surface area contributed by atoms with Gasteiger partial charge < -0.3 is 10.1 Å². The van der Waals surface area contributed by atoms with Gasteiger partial charge in [-0.1, -0.05) is 11.6 Å². The molecule has 1 amide bonds. The second-order valence-corrected chi connectivity index (χ2v) is 4.86. The Morgan fingerprint density at radius 3 is 2.59 bits per heavy atom. The number of ether oxygens (including phenoxy) is 1. The maximum atomic E-state index is 11.3. The lowest BCUT2D eigenvalue weighted by atomic mass is 10.0. The summed E-state index contributed by atoms with van der Waals surface area (Å²) in [5.41, 5.74) is 1.36. The third-order valence-corrected chi connectivity index (χ3v) is 2.99. The van der Waals surface area contributed by atoms with E-state index in [1.165, 1.54) is 5.57 Å². The van der Waals surface area contributed by atoms with E-state index >= 15 is 0 Å². The second kappa shape index (κ2) is 7.45. The Hall–Kier alpha value is -0.870. The molecule has 4 heteroatoms. The quantitative estimate of drug-likeness (QED) is 0.734. The number of rotatable bonds is 5. The lowest BCUT2D eigenvalue weighted by Gasteiger charge is -2.31. The van der Waals surface area contributed by atoms with Crippen LogP contribution in [0.2, 0.25) is 0 Å². The zero-order valence-electron chi connectivity index (χ0n) is 11.2. The summed E-state index contributed by atoms with van der Waals surface area (Å²) in [5, 5.41) is 3.00. The number of carbonyl (C=O) groups is 1. The van der Waals surface area contributed by atoms with E-state index in [9.17, 15) is 4.79 Å². The smallest absolute Gasteiger partial charge is 0.246 e. The number of allylic oxidation sites excluding steroid dienone is 1. The predicted octanol–water partition coefficient (Wildman–Crippen LogP) is 1.18. The normalized spacial score (nSPS) is 17.8. The average Bonchev–Trinajstić information content (AvgIpc) is 2.28. The van der Waals surface area contributed by atoms with Crippen LogP contribution in [0.5, 0.6) is 0 Å². The largest absolute Gasteiger partial charge is 0.375 e. The fourth-order valence-corrected chi connectivity index (χ4v) is 1.97. The molecule has 1 heterocycles. The van der Waals surface area contributed by atoms with Gasteiger partial charge in [-0.3, -0.25) is 9.69 Å². The number of likely N-dealkylation sites (tertiary alicyclic amines) is 1. The van der Waals surface area contributed by atoms with E-state index in [0.29, 0.717) is 6.04 Å². The van der Waals surface area contributed by atoms with E-state index in [0.717, 1.165) is 32.5 Å². The molecule has 0 spiro atoms. The molecule has 0 bridgehead atoms. The van der Waals surface area contributed by atoms with Crippen molar-refractivity contribution in [3.8, 4) is 0 Å². The molecular formula is C13H24N2O2. The van der Waals surface area contributed by atoms with Gasteiger partial charge in [-0.25, -0.2) is 0 Å². The van der Waals surface area contributed by atoms with Crippen LogP contribution in [0, 0.1) is 0 Å². The van der Waals surface area contributed by atoms with Crippen molar-refractivity contribution in [3.05, 3.63) is 11.6 Å². The highest BCUT2D eigenvalue weighted by Crippen LogP contribution is 2.10. The molecule has 0 unspecified atom stereocenters. The van der Waals surface area contributed by atoms with Crippen molar-refractivity contribution in [2.24, 2.45) is 0 Å². The lowest BCUT2D eigenvalue weighted by molar-refractivity contribution is -0.125. The molecule has 1 aliphatic heterocycles. The minimum Gasteiger partial charge on any atom is -0.375 e. The molecule has 0 aromatic carbocycles. The molecule has 1 rings (SSSR count). The summed E-state index contributed by atoms with van der Waals surface area (Å²) in [6.07, 6.45) is 4.32. The topological polar surface area (TPSA) is 41.6 Å². The first kappa shape index (κ1) is 14.2. The number of hydrogen-bond acceptors (Lipinski definition) is 3. The zero-order chi connectivity index (χ0) is 12.7. The summed E-state index contributed by atoms with van der Waals surface area (Å²) < 4.78 is 4.80.